The SMILES string of the molecule is COC(=O)c1ccc(-c2cc(C(F)(F)F)nc(C(F)(F)F)c2)o1. The number of carbonyl (C=O) groups excluding carboxylic acids is 1. The number of pyridine rings is 1. The number of aromatic nitrogens is 1. The lowest BCUT2D eigenvalue weighted by Crippen LogP contribution is -2.15. The van der Waals surface area contributed by atoms with Crippen molar-refractivity contribution in [3.8, 4) is 11.3 Å². The molecule has 0 aliphatic carbocycles. The zero-order chi connectivity index (χ0) is 17.4. The molecule has 2 aromatic rings. The van der Waals surface area contributed by atoms with Crippen molar-refractivity contribution in [1.82, 2.24) is 4.98 Å². The topological polar surface area (TPSA) is 52.3 Å². The standard InChI is InChI=1S/C13H7F6NO3/c1-22-11(21)8-3-2-7(23-8)6-4-9(12(14,15)16)20-10(5-6)13(17,18)19/h2-5H,1H3. The number of methoxy groups -OCH3 is 1. The molecular weight excluding hydrogens is 332 g/mol. The van der Waals surface area contributed by atoms with Crippen molar-refractivity contribution in [2.75, 3.05) is 7.11 Å². The maximum Gasteiger partial charge on any atom is 0.433 e. The molecule has 0 N–H and O–H groups in total. The molecule has 0 unspecified atom stereocenters. The molecular formula is C13H7F6NO3. The molecule has 0 bridgehead atoms. The van der Waals surface area contributed by atoms with Crippen LogP contribution in [0.25, 0.3) is 11.3 Å². The fraction of sp³-hybridized carbons (Fsp3) is 0.231. The van der Waals surface area contributed by atoms with Crippen molar-refractivity contribution in [3.05, 3.63) is 41.4 Å². The van der Waals surface area contributed by atoms with Gasteiger partial charge in [0.15, 0.2) is 0 Å². The summed E-state index contributed by atoms with van der Waals surface area (Å²) in [5.41, 5.74) is -3.97. The van der Waals surface area contributed by atoms with Crippen LogP contribution in [0.2, 0.25) is 0 Å². The van der Waals surface area contributed by atoms with E-state index in [9.17, 15) is 31.1 Å². The van der Waals surface area contributed by atoms with Crippen LogP contribution in [0.3, 0.4) is 0 Å². The maximum absolute atomic E-state index is 12.7. The van der Waals surface area contributed by atoms with Gasteiger partial charge in [-0.05, 0) is 24.3 Å². The normalized spacial score (nSPS) is 12.3. The number of furan rings is 1. The van der Waals surface area contributed by atoms with E-state index < -0.39 is 35.3 Å². The molecule has 2 rings (SSSR count). The summed E-state index contributed by atoms with van der Waals surface area (Å²) in [6.07, 6.45) is -10.2. The molecule has 10 heteroatoms. The molecule has 0 saturated carbocycles. The van der Waals surface area contributed by atoms with Crippen molar-refractivity contribution >= 4 is 5.97 Å². The Bertz CT molecular complexity index is 700. The average Bonchev–Trinajstić information content (AvgIpc) is 2.94. The Morgan fingerprint density at radius 3 is 2.00 bits per heavy atom. The Morgan fingerprint density at radius 2 is 1.57 bits per heavy atom. The van der Waals surface area contributed by atoms with E-state index in [1.807, 2.05) is 0 Å². The smallest absolute Gasteiger partial charge is 0.433 e. The van der Waals surface area contributed by atoms with Gasteiger partial charge in [-0.1, -0.05) is 0 Å². The lowest BCUT2D eigenvalue weighted by molar-refractivity contribution is -0.150. The summed E-state index contributed by atoms with van der Waals surface area (Å²) >= 11 is 0. The second kappa shape index (κ2) is 5.60. The van der Waals surface area contributed by atoms with Crippen molar-refractivity contribution in [2.45, 2.75) is 12.4 Å². The van der Waals surface area contributed by atoms with Gasteiger partial charge in [-0.3, -0.25) is 0 Å². The Morgan fingerprint density at radius 1 is 1.04 bits per heavy atom. The molecule has 0 radical (unpaired) electrons. The second-order valence-electron chi connectivity index (χ2n) is 4.28. The first-order valence-electron chi connectivity index (χ1n) is 5.87. The molecule has 0 saturated heterocycles. The van der Waals surface area contributed by atoms with Crippen LogP contribution in [0.4, 0.5) is 26.3 Å². The molecule has 0 aromatic carbocycles. The van der Waals surface area contributed by atoms with Crippen LogP contribution in [0.5, 0.6) is 0 Å². The monoisotopic (exact) mass is 339 g/mol. The molecule has 0 spiro atoms. The van der Waals surface area contributed by atoms with Gasteiger partial charge in [0.1, 0.15) is 17.1 Å². The maximum atomic E-state index is 12.7. The Kier molecular flexibility index (Phi) is 4.10. The molecule has 4 nitrogen and oxygen atoms in total. The number of halogens is 6. The molecule has 124 valence electrons. The number of esters is 1. The highest BCUT2D eigenvalue weighted by Gasteiger charge is 2.39. The Labute approximate surface area is 124 Å². The highest BCUT2D eigenvalue weighted by molar-refractivity contribution is 5.87. The van der Waals surface area contributed by atoms with Crippen LogP contribution in [-0.4, -0.2) is 18.1 Å². The summed E-state index contributed by atoms with van der Waals surface area (Å²) in [5, 5.41) is 0. The molecule has 0 aliphatic heterocycles. The quantitative estimate of drug-likeness (QED) is 0.609. The zero-order valence-corrected chi connectivity index (χ0v) is 11.2. The van der Waals surface area contributed by atoms with E-state index in [4.69, 9.17) is 4.42 Å². The first-order valence-corrected chi connectivity index (χ1v) is 5.87. The van der Waals surface area contributed by atoms with Crippen molar-refractivity contribution in [2.24, 2.45) is 0 Å². The van der Waals surface area contributed by atoms with Crippen LogP contribution in [0.15, 0.2) is 28.7 Å². The van der Waals surface area contributed by atoms with E-state index in [1.54, 1.807) is 0 Å². The Hall–Kier alpha value is -2.52. The molecule has 2 aromatic heterocycles. The van der Waals surface area contributed by atoms with E-state index in [0.29, 0.717) is 12.1 Å². The fourth-order valence-corrected chi connectivity index (χ4v) is 1.67. The Balaban J connectivity index is 2.57. The lowest BCUT2D eigenvalue weighted by Gasteiger charge is -2.12. The fourth-order valence-electron chi connectivity index (χ4n) is 1.67. The first kappa shape index (κ1) is 16.8. The number of hydrogen-bond acceptors (Lipinski definition) is 4. The first-order chi connectivity index (χ1) is 10.5. The summed E-state index contributed by atoms with van der Waals surface area (Å²) < 4.78 is 85.5. The van der Waals surface area contributed by atoms with Gasteiger partial charge in [-0.15, -0.1) is 0 Å². The van der Waals surface area contributed by atoms with Gasteiger partial charge in [-0.25, -0.2) is 9.78 Å². The van der Waals surface area contributed by atoms with Crippen molar-refractivity contribution in [3.63, 3.8) is 0 Å². The van der Waals surface area contributed by atoms with Gasteiger partial charge in [-0.2, -0.15) is 26.3 Å². The van der Waals surface area contributed by atoms with Gasteiger partial charge >= 0.3 is 18.3 Å². The molecule has 23 heavy (non-hydrogen) atoms. The number of ether oxygens (including phenoxy) is 1. The summed E-state index contributed by atoms with van der Waals surface area (Å²) in [6.45, 7) is 0. The molecule has 0 aliphatic rings. The second-order valence-corrected chi connectivity index (χ2v) is 4.28. The number of rotatable bonds is 2. The van der Waals surface area contributed by atoms with Gasteiger partial charge in [0, 0.05) is 5.56 Å². The minimum absolute atomic E-state index is 0.358. The van der Waals surface area contributed by atoms with Gasteiger partial charge in [0.05, 0.1) is 7.11 Å². The van der Waals surface area contributed by atoms with Crippen LogP contribution in [0, 0.1) is 0 Å². The molecule has 0 amide bonds. The van der Waals surface area contributed by atoms with Gasteiger partial charge in [0.25, 0.3) is 0 Å². The number of nitrogens with zero attached hydrogens (tertiary/aromatic N) is 1. The van der Waals surface area contributed by atoms with E-state index >= 15 is 0 Å². The van der Waals surface area contributed by atoms with Crippen LogP contribution in [-0.2, 0) is 17.1 Å². The summed E-state index contributed by atoms with van der Waals surface area (Å²) in [4.78, 5) is 13.8. The minimum Gasteiger partial charge on any atom is -0.463 e. The van der Waals surface area contributed by atoms with E-state index in [-0.39, 0.29) is 11.5 Å². The predicted octanol–water partition coefficient (Wildman–Crippen LogP) is 4.17. The van der Waals surface area contributed by atoms with Crippen molar-refractivity contribution in [1.29, 1.82) is 0 Å². The third-order valence-corrected chi connectivity index (χ3v) is 2.68. The number of hydrogen-bond donors (Lipinski definition) is 0. The van der Waals surface area contributed by atoms with E-state index in [2.05, 4.69) is 9.72 Å². The number of alkyl halides is 6. The van der Waals surface area contributed by atoms with E-state index in [0.717, 1.165) is 19.2 Å². The highest BCUT2D eigenvalue weighted by Crippen LogP contribution is 2.36. The zero-order valence-electron chi connectivity index (χ0n) is 11.2. The third-order valence-electron chi connectivity index (χ3n) is 2.68. The lowest BCUT2D eigenvalue weighted by atomic mass is 10.1. The molecule has 0 atom stereocenters. The summed E-state index contributed by atoms with van der Waals surface area (Å²) in [6, 6.07) is 2.92. The predicted molar refractivity (Wildman–Crippen MR) is 63.3 cm³/mol. The minimum atomic E-state index is -5.08. The number of carbonyl (C=O) groups is 1. The van der Waals surface area contributed by atoms with Crippen molar-refractivity contribution < 1.29 is 40.3 Å². The highest BCUT2D eigenvalue weighted by atomic mass is 19.4. The molecule has 0 fully saturated rings. The van der Waals surface area contributed by atoms with Crippen LogP contribution < -0.4 is 0 Å². The largest absolute Gasteiger partial charge is 0.463 e. The summed E-state index contributed by atoms with van der Waals surface area (Å²) in [5.74, 6) is -1.64. The molecule has 2 heterocycles. The average molecular weight is 339 g/mol. The summed E-state index contributed by atoms with van der Waals surface area (Å²) in [7, 11) is 1.04. The van der Waals surface area contributed by atoms with Crippen LogP contribution in [0.1, 0.15) is 21.9 Å². The third kappa shape index (κ3) is 3.63. The van der Waals surface area contributed by atoms with Crippen LogP contribution >= 0.6 is 0 Å². The van der Waals surface area contributed by atoms with Gasteiger partial charge in [0.2, 0.25) is 5.76 Å². The van der Waals surface area contributed by atoms with Gasteiger partial charge < -0.3 is 9.15 Å². The van der Waals surface area contributed by atoms with E-state index in [1.165, 1.54) is 0 Å².